The Morgan fingerprint density at radius 1 is 1.48 bits per heavy atom. The topological polar surface area (TPSA) is 83.7 Å². The molecule has 112 valence electrons. The Bertz CT molecular complexity index is 709. The minimum Gasteiger partial charge on any atom is -0.396 e. The molecule has 0 bridgehead atoms. The third-order valence-corrected chi connectivity index (χ3v) is 3.33. The maximum absolute atomic E-state index is 12.3. The second-order valence-electron chi connectivity index (χ2n) is 5.24. The minimum absolute atomic E-state index is 0.0225. The molecule has 0 aliphatic rings. The molecular weight excluding hydrogens is 270 g/mol. The van der Waals surface area contributed by atoms with Crippen LogP contribution in [0.5, 0.6) is 0 Å². The summed E-state index contributed by atoms with van der Waals surface area (Å²) in [6.07, 6.45) is 3.57. The summed E-state index contributed by atoms with van der Waals surface area (Å²) >= 11 is 0. The Morgan fingerprint density at radius 3 is 2.95 bits per heavy atom. The van der Waals surface area contributed by atoms with Gasteiger partial charge in [-0.2, -0.15) is 0 Å². The highest BCUT2D eigenvalue weighted by molar-refractivity contribution is 5.93. The molecule has 0 radical (unpaired) electrons. The average Bonchev–Trinajstić information content (AvgIpc) is 2.46. The van der Waals surface area contributed by atoms with Crippen LogP contribution in [0.2, 0.25) is 0 Å². The molecule has 0 aliphatic carbocycles. The highest BCUT2D eigenvalue weighted by atomic mass is 16.3. The highest BCUT2D eigenvalue weighted by Gasteiger charge is 2.14. The maximum atomic E-state index is 12.3. The first-order valence-electron chi connectivity index (χ1n) is 6.90. The molecule has 1 unspecified atom stereocenters. The lowest BCUT2D eigenvalue weighted by atomic mass is 10.1. The molecule has 21 heavy (non-hydrogen) atoms. The first-order chi connectivity index (χ1) is 10.0. The molecule has 0 saturated heterocycles. The predicted octanol–water partition coefficient (Wildman–Crippen LogP) is 0.751. The molecule has 1 atom stereocenters. The van der Waals surface area contributed by atoms with Gasteiger partial charge in [-0.05, 0) is 30.9 Å². The number of carbonyl (C=O) groups is 1. The van der Waals surface area contributed by atoms with E-state index in [2.05, 4.69) is 10.3 Å². The van der Waals surface area contributed by atoms with Gasteiger partial charge in [0.2, 0.25) is 0 Å². The van der Waals surface area contributed by atoms with Crippen LogP contribution in [-0.4, -0.2) is 33.6 Å². The van der Waals surface area contributed by atoms with Crippen LogP contribution in [0, 0.1) is 12.8 Å². The number of fused-ring (bicyclic) bond motifs is 1. The number of nitrogens with zero attached hydrogens (tertiary/aromatic N) is 2. The fraction of sp³-hybridized carbons (Fsp3) is 0.400. The minimum atomic E-state index is -0.437. The number of amides is 1. The quantitative estimate of drug-likeness (QED) is 0.851. The van der Waals surface area contributed by atoms with E-state index in [9.17, 15) is 9.59 Å². The summed E-state index contributed by atoms with van der Waals surface area (Å²) in [7, 11) is 0. The van der Waals surface area contributed by atoms with Gasteiger partial charge in [0.1, 0.15) is 11.2 Å². The van der Waals surface area contributed by atoms with E-state index >= 15 is 0 Å². The number of aryl methyl sites for hydroxylation is 1. The number of aromatic nitrogens is 2. The van der Waals surface area contributed by atoms with Crippen molar-refractivity contribution in [2.75, 3.05) is 13.2 Å². The van der Waals surface area contributed by atoms with Crippen molar-refractivity contribution in [2.45, 2.75) is 20.3 Å². The lowest BCUT2D eigenvalue weighted by Crippen LogP contribution is -2.34. The van der Waals surface area contributed by atoms with E-state index in [-0.39, 0.29) is 23.6 Å². The van der Waals surface area contributed by atoms with Crippen molar-refractivity contribution in [3.8, 4) is 0 Å². The zero-order chi connectivity index (χ0) is 15.4. The Labute approximate surface area is 122 Å². The molecular formula is C15H19N3O3. The number of pyridine rings is 1. The van der Waals surface area contributed by atoms with E-state index in [4.69, 9.17) is 5.11 Å². The van der Waals surface area contributed by atoms with Gasteiger partial charge in [-0.25, -0.2) is 4.98 Å². The summed E-state index contributed by atoms with van der Waals surface area (Å²) in [4.78, 5) is 28.5. The normalized spacial score (nSPS) is 12.3. The lowest BCUT2D eigenvalue weighted by molar-refractivity contribution is 0.0943. The molecule has 2 rings (SSSR count). The van der Waals surface area contributed by atoms with Gasteiger partial charge in [0.05, 0.1) is 0 Å². The SMILES string of the molecule is Cc1ccc2ncc(C(=O)NCC(C)CCO)c(=O)n2c1. The number of nitrogens with one attached hydrogen (secondary N) is 1. The first-order valence-corrected chi connectivity index (χ1v) is 6.90. The number of hydrogen-bond acceptors (Lipinski definition) is 4. The van der Waals surface area contributed by atoms with Gasteiger partial charge in [0, 0.05) is 25.5 Å². The molecule has 0 aromatic carbocycles. The van der Waals surface area contributed by atoms with Gasteiger partial charge < -0.3 is 10.4 Å². The van der Waals surface area contributed by atoms with Crippen molar-refractivity contribution >= 4 is 11.6 Å². The summed E-state index contributed by atoms with van der Waals surface area (Å²) < 4.78 is 1.38. The smallest absolute Gasteiger partial charge is 0.270 e. The summed E-state index contributed by atoms with van der Waals surface area (Å²) in [5.74, 6) is -0.287. The van der Waals surface area contributed by atoms with Crippen LogP contribution in [-0.2, 0) is 0 Å². The lowest BCUT2D eigenvalue weighted by Gasteiger charge is -2.11. The van der Waals surface area contributed by atoms with E-state index < -0.39 is 5.91 Å². The molecule has 2 N–H and O–H groups in total. The molecule has 1 amide bonds. The van der Waals surface area contributed by atoms with Gasteiger partial charge in [-0.1, -0.05) is 13.0 Å². The molecule has 0 aliphatic heterocycles. The second-order valence-corrected chi connectivity index (χ2v) is 5.24. The van der Waals surface area contributed by atoms with Gasteiger partial charge in [-0.3, -0.25) is 14.0 Å². The average molecular weight is 289 g/mol. The molecule has 6 heteroatoms. The zero-order valence-electron chi connectivity index (χ0n) is 12.2. The van der Waals surface area contributed by atoms with Crippen molar-refractivity contribution in [1.82, 2.24) is 14.7 Å². The van der Waals surface area contributed by atoms with Crippen LogP contribution in [0.25, 0.3) is 5.65 Å². The van der Waals surface area contributed by atoms with E-state index in [0.717, 1.165) is 5.56 Å². The van der Waals surface area contributed by atoms with Crippen molar-refractivity contribution in [1.29, 1.82) is 0 Å². The second kappa shape index (κ2) is 6.49. The summed E-state index contributed by atoms with van der Waals surface area (Å²) in [5, 5.41) is 11.5. The van der Waals surface area contributed by atoms with Gasteiger partial charge in [0.25, 0.3) is 11.5 Å². The number of rotatable bonds is 5. The van der Waals surface area contributed by atoms with Crippen molar-refractivity contribution in [3.63, 3.8) is 0 Å². The molecule has 0 spiro atoms. The number of carbonyl (C=O) groups excluding carboxylic acids is 1. The van der Waals surface area contributed by atoms with E-state index in [1.165, 1.54) is 10.6 Å². The monoisotopic (exact) mass is 289 g/mol. The van der Waals surface area contributed by atoms with E-state index in [1.807, 2.05) is 19.9 Å². The van der Waals surface area contributed by atoms with Gasteiger partial charge >= 0.3 is 0 Å². The standard InChI is InChI=1S/C15H19N3O3/c1-10(5-6-19)7-17-14(20)12-8-16-13-4-3-11(2)9-18(13)15(12)21/h3-4,8-10,19H,5-7H2,1-2H3,(H,17,20). The van der Waals surface area contributed by atoms with Crippen LogP contribution in [0.15, 0.2) is 29.3 Å². The number of hydrogen-bond donors (Lipinski definition) is 2. The Balaban J connectivity index is 2.24. The van der Waals surface area contributed by atoms with Crippen LogP contribution in [0.3, 0.4) is 0 Å². The Hall–Kier alpha value is -2.21. The maximum Gasteiger partial charge on any atom is 0.270 e. The summed E-state index contributed by atoms with van der Waals surface area (Å²) in [6.45, 7) is 4.28. The zero-order valence-corrected chi connectivity index (χ0v) is 12.2. The van der Waals surface area contributed by atoms with Crippen LogP contribution >= 0.6 is 0 Å². The third kappa shape index (κ3) is 3.46. The Kier molecular flexibility index (Phi) is 4.70. The largest absolute Gasteiger partial charge is 0.396 e. The first kappa shape index (κ1) is 15.2. The van der Waals surface area contributed by atoms with Crippen LogP contribution < -0.4 is 10.9 Å². The van der Waals surface area contributed by atoms with Crippen LogP contribution in [0.1, 0.15) is 29.3 Å². The third-order valence-electron chi connectivity index (χ3n) is 3.33. The number of aliphatic hydroxyl groups excluding tert-OH is 1. The Morgan fingerprint density at radius 2 is 2.24 bits per heavy atom. The number of aliphatic hydroxyl groups is 1. The molecule has 2 aromatic heterocycles. The van der Waals surface area contributed by atoms with Crippen molar-refractivity contribution < 1.29 is 9.90 Å². The summed E-state index contributed by atoms with van der Waals surface area (Å²) in [6, 6.07) is 3.60. The molecule has 2 aromatic rings. The fourth-order valence-corrected chi connectivity index (χ4v) is 2.02. The molecule has 0 fully saturated rings. The molecule has 0 saturated carbocycles. The van der Waals surface area contributed by atoms with E-state index in [0.29, 0.717) is 18.6 Å². The molecule has 6 nitrogen and oxygen atoms in total. The molecule has 2 heterocycles. The van der Waals surface area contributed by atoms with Gasteiger partial charge in [0.15, 0.2) is 0 Å². The highest BCUT2D eigenvalue weighted by Crippen LogP contribution is 2.02. The van der Waals surface area contributed by atoms with Crippen LogP contribution in [0.4, 0.5) is 0 Å². The summed E-state index contributed by atoms with van der Waals surface area (Å²) in [5.41, 5.74) is 1.07. The van der Waals surface area contributed by atoms with E-state index in [1.54, 1.807) is 12.3 Å². The van der Waals surface area contributed by atoms with Crippen molar-refractivity contribution in [3.05, 3.63) is 46.0 Å². The fourth-order valence-electron chi connectivity index (χ4n) is 2.02. The van der Waals surface area contributed by atoms with Crippen molar-refractivity contribution in [2.24, 2.45) is 5.92 Å². The van der Waals surface area contributed by atoms with Gasteiger partial charge in [-0.15, -0.1) is 0 Å². The predicted molar refractivity (Wildman–Crippen MR) is 79.4 cm³/mol.